The van der Waals surface area contributed by atoms with Crippen molar-refractivity contribution in [2.24, 2.45) is 0 Å². The first-order chi connectivity index (χ1) is 8.08. The molecule has 1 atom stereocenters. The molecule has 3 N–H and O–H groups in total. The van der Waals surface area contributed by atoms with Gasteiger partial charge < -0.3 is 10.4 Å². The first kappa shape index (κ1) is 13.6. The predicted molar refractivity (Wildman–Crippen MR) is 63.7 cm³/mol. The van der Waals surface area contributed by atoms with Gasteiger partial charge in [-0.15, -0.1) is 5.10 Å². The molecule has 0 saturated carbocycles. The molecule has 6 heteroatoms. The number of nitrogens with zero attached hydrogens (tertiary/aromatic N) is 2. The van der Waals surface area contributed by atoms with E-state index in [-0.39, 0.29) is 30.3 Å². The maximum Gasteiger partial charge on any atom is 0.291 e. The maximum atomic E-state index is 11.8. The van der Waals surface area contributed by atoms with Gasteiger partial charge in [0.25, 0.3) is 5.91 Å². The Bertz CT molecular complexity index is 362. The Morgan fingerprint density at radius 3 is 2.71 bits per heavy atom. The third kappa shape index (κ3) is 3.81. The number of aromatic amines is 1. The Kier molecular flexibility index (Phi) is 5.09. The van der Waals surface area contributed by atoms with Gasteiger partial charge in [-0.1, -0.05) is 20.8 Å². The molecule has 0 radical (unpaired) electrons. The second-order valence-corrected chi connectivity index (χ2v) is 4.29. The number of nitrogens with one attached hydrogen (secondary N) is 2. The molecular weight excluding hydrogens is 220 g/mol. The van der Waals surface area contributed by atoms with E-state index in [1.54, 1.807) is 0 Å². The van der Waals surface area contributed by atoms with E-state index in [1.165, 1.54) is 0 Å². The van der Waals surface area contributed by atoms with Crippen molar-refractivity contribution < 1.29 is 9.90 Å². The summed E-state index contributed by atoms with van der Waals surface area (Å²) in [4.78, 5) is 15.9. The van der Waals surface area contributed by atoms with E-state index in [4.69, 9.17) is 5.11 Å². The summed E-state index contributed by atoms with van der Waals surface area (Å²) in [6, 6.07) is -0.0338. The van der Waals surface area contributed by atoms with E-state index in [0.717, 1.165) is 6.42 Å². The van der Waals surface area contributed by atoms with Crippen molar-refractivity contribution in [2.75, 3.05) is 6.61 Å². The molecular formula is C11H20N4O2. The van der Waals surface area contributed by atoms with Crippen molar-refractivity contribution >= 4 is 5.91 Å². The minimum Gasteiger partial charge on any atom is -0.396 e. The summed E-state index contributed by atoms with van der Waals surface area (Å²) < 4.78 is 0. The number of aliphatic hydroxyl groups excluding tert-OH is 1. The standard InChI is InChI=1S/C11H20N4O2/c1-4-8(5-6-16)12-11(17)10-13-9(7(2)3)14-15-10/h7-8,16H,4-6H2,1-3H3,(H,12,17)(H,13,14,15). The Balaban J connectivity index is 2.62. The van der Waals surface area contributed by atoms with E-state index in [2.05, 4.69) is 20.5 Å². The van der Waals surface area contributed by atoms with Crippen LogP contribution in [0.4, 0.5) is 0 Å². The molecule has 1 aromatic heterocycles. The molecule has 6 nitrogen and oxygen atoms in total. The van der Waals surface area contributed by atoms with Crippen LogP contribution in [0.15, 0.2) is 0 Å². The minimum absolute atomic E-state index is 0.0338. The Labute approximate surface area is 101 Å². The average Bonchev–Trinajstić information content (AvgIpc) is 2.77. The highest BCUT2D eigenvalue weighted by molar-refractivity contribution is 5.90. The highest BCUT2D eigenvalue weighted by Gasteiger charge is 2.16. The molecule has 1 unspecified atom stereocenters. The fraction of sp³-hybridized carbons (Fsp3) is 0.727. The number of H-pyrrole nitrogens is 1. The topological polar surface area (TPSA) is 90.9 Å². The van der Waals surface area contributed by atoms with E-state index in [1.807, 2.05) is 20.8 Å². The third-order valence-electron chi connectivity index (χ3n) is 2.56. The summed E-state index contributed by atoms with van der Waals surface area (Å²) in [6.45, 7) is 5.97. The molecule has 0 aliphatic carbocycles. The molecule has 0 saturated heterocycles. The second-order valence-electron chi connectivity index (χ2n) is 4.29. The average molecular weight is 240 g/mol. The van der Waals surface area contributed by atoms with Crippen LogP contribution in [-0.4, -0.2) is 38.8 Å². The molecule has 0 aliphatic rings. The zero-order valence-electron chi connectivity index (χ0n) is 10.5. The van der Waals surface area contributed by atoms with Crippen LogP contribution in [0.5, 0.6) is 0 Å². The second kappa shape index (κ2) is 6.34. The van der Waals surface area contributed by atoms with E-state index in [0.29, 0.717) is 12.2 Å². The monoisotopic (exact) mass is 240 g/mol. The number of carbonyl (C=O) groups excluding carboxylic acids is 1. The Hall–Kier alpha value is -1.43. The molecule has 0 bridgehead atoms. The van der Waals surface area contributed by atoms with E-state index >= 15 is 0 Å². The molecule has 1 aromatic rings. The smallest absolute Gasteiger partial charge is 0.291 e. The summed E-state index contributed by atoms with van der Waals surface area (Å²) in [5.41, 5.74) is 0. The fourth-order valence-corrected chi connectivity index (χ4v) is 1.42. The quantitative estimate of drug-likeness (QED) is 0.686. The highest BCUT2D eigenvalue weighted by atomic mass is 16.3. The Morgan fingerprint density at radius 1 is 1.53 bits per heavy atom. The van der Waals surface area contributed by atoms with Crippen molar-refractivity contribution in [3.8, 4) is 0 Å². The Morgan fingerprint density at radius 2 is 2.24 bits per heavy atom. The molecule has 0 fully saturated rings. The lowest BCUT2D eigenvalue weighted by Crippen LogP contribution is -2.35. The summed E-state index contributed by atoms with van der Waals surface area (Å²) in [5, 5.41) is 18.2. The largest absolute Gasteiger partial charge is 0.396 e. The molecule has 0 spiro atoms. The van der Waals surface area contributed by atoms with Crippen molar-refractivity contribution in [3.05, 3.63) is 11.6 Å². The van der Waals surface area contributed by atoms with Crippen molar-refractivity contribution in [3.63, 3.8) is 0 Å². The minimum atomic E-state index is -0.298. The van der Waals surface area contributed by atoms with Crippen LogP contribution >= 0.6 is 0 Å². The molecule has 1 rings (SSSR count). The molecule has 1 amide bonds. The van der Waals surface area contributed by atoms with Crippen LogP contribution < -0.4 is 5.32 Å². The van der Waals surface area contributed by atoms with Crippen molar-refractivity contribution in [2.45, 2.75) is 45.6 Å². The van der Waals surface area contributed by atoms with Gasteiger partial charge in [-0.05, 0) is 12.8 Å². The zero-order valence-corrected chi connectivity index (χ0v) is 10.5. The van der Waals surface area contributed by atoms with Crippen LogP contribution in [0.2, 0.25) is 0 Å². The fourth-order valence-electron chi connectivity index (χ4n) is 1.42. The normalized spacial score (nSPS) is 12.8. The number of rotatable bonds is 6. The van der Waals surface area contributed by atoms with Crippen LogP contribution in [0.3, 0.4) is 0 Å². The number of aliphatic hydroxyl groups is 1. The number of aromatic nitrogens is 3. The first-order valence-electron chi connectivity index (χ1n) is 5.92. The molecule has 0 aliphatic heterocycles. The van der Waals surface area contributed by atoms with Gasteiger partial charge in [-0.3, -0.25) is 9.89 Å². The van der Waals surface area contributed by atoms with Crippen LogP contribution in [-0.2, 0) is 0 Å². The lowest BCUT2D eigenvalue weighted by atomic mass is 10.1. The van der Waals surface area contributed by atoms with Gasteiger partial charge in [-0.2, -0.15) is 0 Å². The summed E-state index contributed by atoms with van der Waals surface area (Å²) >= 11 is 0. The van der Waals surface area contributed by atoms with Gasteiger partial charge in [0.1, 0.15) is 5.82 Å². The lowest BCUT2D eigenvalue weighted by molar-refractivity contribution is 0.0919. The van der Waals surface area contributed by atoms with Gasteiger partial charge in [0.2, 0.25) is 5.82 Å². The van der Waals surface area contributed by atoms with Crippen molar-refractivity contribution in [1.82, 2.24) is 20.5 Å². The van der Waals surface area contributed by atoms with Gasteiger partial charge >= 0.3 is 0 Å². The summed E-state index contributed by atoms with van der Waals surface area (Å²) in [5.74, 6) is 0.771. The van der Waals surface area contributed by atoms with Gasteiger partial charge in [0.15, 0.2) is 0 Å². The van der Waals surface area contributed by atoms with Crippen molar-refractivity contribution in [1.29, 1.82) is 0 Å². The van der Waals surface area contributed by atoms with Crippen LogP contribution in [0.25, 0.3) is 0 Å². The van der Waals surface area contributed by atoms with Gasteiger partial charge in [0.05, 0.1) is 0 Å². The highest BCUT2D eigenvalue weighted by Crippen LogP contribution is 2.07. The summed E-state index contributed by atoms with van der Waals surface area (Å²) in [7, 11) is 0. The zero-order chi connectivity index (χ0) is 12.8. The predicted octanol–water partition coefficient (Wildman–Crippen LogP) is 0.819. The number of hydrogen-bond donors (Lipinski definition) is 3. The van der Waals surface area contributed by atoms with E-state index in [9.17, 15) is 4.79 Å². The molecule has 1 heterocycles. The molecule has 96 valence electrons. The number of amides is 1. The molecule has 0 aromatic carbocycles. The number of carbonyl (C=O) groups is 1. The SMILES string of the molecule is CCC(CCO)NC(=O)c1n[nH]c(C(C)C)n1. The maximum absolute atomic E-state index is 11.8. The van der Waals surface area contributed by atoms with Gasteiger partial charge in [0, 0.05) is 18.6 Å². The van der Waals surface area contributed by atoms with Crippen LogP contribution in [0.1, 0.15) is 56.0 Å². The molecule has 17 heavy (non-hydrogen) atoms. The number of hydrogen-bond acceptors (Lipinski definition) is 4. The van der Waals surface area contributed by atoms with E-state index < -0.39 is 0 Å². The third-order valence-corrected chi connectivity index (χ3v) is 2.56. The summed E-state index contributed by atoms with van der Waals surface area (Å²) in [6.07, 6.45) is 1.32. The van der Waals surface area contributed by atoms with Crippen LogP contribution in [0, 0.1) is 0 Å². The first-order valence-corrected chi connectivity index (χ1v) is 5.92. The van der Waals surface area contributed by atoms with Gasteiger partial charge in [-0.25, -0.2) is 4.98 Å². The lowest BCUT2D eigenvalue weighted by Gasteiger charge is -2.13.